The fourth-order valence-electron chi connectivity index (χ4n) is 2.91. The number of hydrogen-bond acceptors (Lipinski definition) is 6. The van der Waals surface area contributed by atoms with Crippen LogP contribution in [0.2, 0.25) is 0 Å². The predicted octanol–water partition coefficient (Wildman–Crippen LogP) is 4.61. The van der Waals surface area contributed by atoms with Gasteiger partial charge >= 0.3 is 5.97 Å². The molecule has 138 valence electrons. The van der Waals surface area contributed by atoms with Crippen LogP contribution >= 0.6 is 0 Å². The highest BCUT2D eigenvalue weighted by atomic mass is 16.5. The molecule has 6 heteroatoms. The van der Waals surface area contributed by atoms with Crippen molar-refractivity contribution in [3.8, 4) is 11.4 Å². The van der Waals surface area contributed by atoms with Crippen molar-refractivity contribution in [3.05, 3.63) is 78.6 Å². The molecule has 0 saturated heterocycles. The smallest absolute Gasteiger partial charge is 0.340 e. The Bertz CT molecular complexity index is 1130. The van der Waals surface area contributed by atoms with E-state index in [4.69, 9.17) is 9.72 Å². The predicted molar refractivity (Wildman–Crippen MR) is 108 cm³/mol. The molecule has 0 radical (unpaired) electrons. The highest BCUT2D eigenvalue weighted by Gasteiger charge is 2.15. The van der Waals surface area contributed by atoms with Gasteiger partial charge in [-0.1, -0.05) is 24.3 Å². The number of fused-ring (bicyclic) bond motifs is 1. The molecule has 2 heterocycles. The van der Waals surface area contributed by atoms with Gasteiger partial charge in [-0.2, -0.15) is 0 Å². The van der Waals surface area contributed by atoms with Gasteiger partial charge in [0, 0.05) is 23.3 Å². The summed E-state index contributed by atoms with van der Waals surface area (Å²) in [6.45, 7) is 2.10. The Labute approximate surface area is 162 Å². The molecular weight excluding hydrogens is 352 g/mol. The monoisotopic (exact) mass is 370 g/mol. The minimum absolute atomic E-state index is 0.315. The first kappa shape index (κ1) is 17.6. The first-order valence-electron chi connectivity index (χ1n) is 8.96. The summed E-state index contributed by atoms with van der Waals surface area (Å²) in [6.07, 6.45) is 3.41. The van der Waals surface area contributed by atoms with Crippen molar-refractivity contribution in [2.75, 3.05) is 11.9 Å². The zero-order valence-electron chi connectivity index (χ0n) is 15.3. The van der Waals surface area contributed by atoms with Crippen LogP contribution in [0.3, 0.4) is 0 Å². The van der Waals surface area contributed by atoms with Gasteiger partial charge in [0.25, 0.3) is 0 Å². The van der Waals surface area contributed by atoms with Crippen molar-refractivity contribution < 1.29 is 9.53 Å². The van der Waals surface area contributed by atoms with E-state index < -0.39 is 0 Å². The van der Waals surface area contributed by atoms with Gasteiger partial charge in [-0.05, 0) is 43.3 Å². The molecule has 4 rings (SSSR count). The maximum Gasteiger partial charge on any atom is 0.340 e. The molecule has 0 saturated carbocycles. The van der Waals surface area contributed by atoms with Gasteiger partial charge in [-0.3, -0.25) is 4.98 Å². The number of benzene rings is 2. The Morgan fingerprint density at radius 1 is 0.964 bits per heavy atom. The Morgan fingerprint density at radius 3 is 2.54 bits per heavy atom. The number of para-hydroxylation sites is 2. The summed E-state index contributed by atoms with van der Waals surface area (Å²) < 4.78 is 5.17. The number of anilines is 2. The summed E-state index contributed by atoms with van der Waals surface area (Å²) in [5.41, 5.74) is 2.76. The van der Waals surface area contributed by atoms with Gasteiger partial charge < -0.3 is 10.1 Å². The lowest BCUT2D eigenvalue weighted by atomic mass is 10.1. The fourth-order valence-corrected chi connectivity index (χ4v) is 2.91. The maximum atomic E-state index is 12.3. The molecule has 0 spiro atoms. The van der Waals surface area contributed by atoms with Crippen molar-refractivity contribution in [1.82, 2.24) is 15.0 Å². The number of aromatic nitrogens is 3. The molecule has 2 aromatic carbocycles. The van der Waals surface area contributed by atoms with Gasteiger partial charge in [-0.15, -0.1) is 0 Å². The zero-order valence-corrected chi connectivity index (χ0v) is 15.3. The molecular formula is C22H18N4O2. The van der Waals surface area contributed by atoms with Crippen LogP contribution in [-0.2, 0) is 4.74 Å². The SMILES string of the molecule is CCOC(=O)c1ccccc1Nc1nc(-c2ccncc2)nc2ccccc12. The molecule has 2 aromatic heterocycles. The minimum Gasteiger partial charge on any atom is -0.462 e. The van der Waals surface area contributed by atoms with E-state index in [1.165, 1.54) is 0 Å². The Kier molecular flexibility index (Phi) is 4.93. The Hall–Kier alpha value is -3.80. The van der Waals surface area contributed by atoms with Crippen molar-refractivity contribution in [1.29, 1.82) is 0 Å². The summed E-state index contributed by atoms with van der Waals surface area (Å²) in [5, 5.41) is 4.16. The Morgan fingerprint density at radius 2 is 1.71 bits per heavy atom. The fraction of sp³-hybridized carbons (Fsp3) is 0.0909. The van der Waals surface area contributed by atoms with Crippen LogP contribution in [0.25, 0.3) is 22.3 Å². The lowest BCUT2D eigenvalue weighted by Crippen LogP contribution is -2.08. The van der Waals surface area contributed by atoms with Crippen molar-refractivity contribution in [2.24, 2.45) is 0 Å². The third kappa shape index (κ3) is 3.53. The summed E-state index contributed by atoms with van der Waals surface area (Å²) >= 11 is 0. The average Bonchev–Trinajstić information content (AvgIpc) is 2.75. The maximum absolute atomic E-state index is 12.3. The van der Waals surface area contributed by atoms with E-state index >= 15 is 0 Å². The number of hydrogen-bond donors (Lipinski definition) is 1. The van der Waals surface area contributed by atoms with Crippen LogP contribution in [0, 0.1) is 0 Å². The van der Waals surface area contributed by atoms with Gasteiger partial charge in [0.05, 0.1) is 23.4 Å². The normalized spacial score (nSPS) is 10.6. The van der Waals surface area contributed by atoms with Gasteiger partial charge in [0.2, 0.25) is 0 Å². The van der Waals surface area contributed by atoms with E-state index in [1.54, 1.807) is 31.5 Å². The number of nitrogens with one attached hydrogen (secondary N) is 1. The molecule has 0 aliphatic carbocycles. The number of ether oxygens (including phenoxy) is 1. The Balaban J connectivity index is 1.82. The molecule has 0 aliphatic heterocycles. The van der Waals surface area contributed by atoms with E-state index in [0.29, 0.717) is 29.5 Å². The number of nitrogens with zero attached hydrogens (tertiary/aromatic N) is 3. The highest BCUT2D eigenvalue weighted by Crippen LogP contribution is 2.28. The molecule has 0 unspecified atom stereocenters. The second-order valence-electron chi connectivity index (χ2n) is 6.04. The second kappa shape index (κ2) is 7.84. The zero-order chi connectivity index (χ0) is 19.3. The van der Waals surface area contributed by atoms with Crippen molar-refractivity contribution >= 4 is 28.4 Å². The van der Waals surface area contributed by atoms with Crippen LogP contribution in [0.15, 0.2) is 73.1 Å². The van der Waals surface area contributed by atoms with Crippen molar-refractivity contribution in [3.63, 3.8) is 0 Å². The minimum atomic E-state index is -0.377. The summed E-state index contributed by atoms with van der Waals surface area (Å²) in [5.74, 6) is 0.824. The number of esters is 1. The van der Waals surface area contributed by atoms with E-state index in [0.717, 1.165) is 16.5 Å². The van der Waals surface area contributed by atoms with Gasteiger partial charge in [0.1, 0.15) is 5.82 Å². The molecule has 0 bridgehead atoms. The van der Waals surface area contributed by atoms with E-state index in [1.807, 2.05) is 48.5 Å². The summed E-state index contributed by atoms with van der Waals surface area (Å²) in [4.78, 5) is 25.7. The van der Waals surface area contributed by atoms with E-state index in [2.05, 4.69) is 15.3 Å². The van der Waals surface area contributed by atoms with E-state index in [9.17, 15) is 4.79 Å². The number of pyridine rings is 1. The third-order valence-corrected chi connectivity index (χ3v) is 4.22. The molecule has 0 aliphatic rings. The highest BCUT2D eigenvalue weighted by molar-refractivity contribution is 5.99. The molecule has 0 amide bonds. The molecule has 0 fully saturated rings. The largest absolute Gasteiger partial charge is 0.462 e. The van der Waals surface area contributed by atoms with Crippen LogP contribution in [0.4, 0.5) is 11.5 Å². The van der Waals surface area contributed by atoms with Gasteiger partial charge in [0.15, 0.2) is 5.82 Å². The van der Waals surface area contributed by atoms with Crippen molar-refractivity contribution in [2.45, 2.75) is 6.92 Å². The molecule has 6 nitrogen and oxygen atoms in total. The van der Waals surface area contributed by atoms with E-state index in [-0.39, 0.29) is 5.97 Å². The first-order valence-corrected chi connectivity index (χ1v) is 8.96. The van der Waals surface area contributed by atoms with Crippen LogP contribution < -0.4 is 5.32 Å². The number of carbonyl (C=O) groups excluding carboxylic acids is 1. The van der Waals surface area contributed by atoms with Gasteiger partial charge in [-0.25, -0.2) is 14.8 Å². The van der Waals surface area contributed by atoms with Crippen LogP contribution in [0.5, 0.6) is 0 Å². The third-order valence-electron chi connectivity index (χ3n) is 4.22. The standard InChI is InChI=1S/C22H18N4O2/c1-2-28-22(27)17-8-4-6-10-19(17)25-21-16-7-3-5-9-18(16)24-20(26-21)15-11-13-23-14-12-15/h3-14H,2H2,1H3,(H,24,25,26). The lowest BCUT2D eigenvalue weighted by molar-refractivity contribution is 0.0527. The molecule has 1 N–H and O–H groups in total. The second-order valence-corrected chi connectivity index (χ2v) is 6.04. The number of rotatable bonds is 5. The quantitative estimate of drug-likeness (QED) is 0.517. The topological polar surface area (TPSA) is 77.0 Å². The number of carbonyl (C=O) groups is 1. The summed E-state index contributed by atoms with van der Waals surface area (Å²) in [6, 6.07) is 18.7. The molecule has 0 atom stereocenters. The lowest BCUT2D eigenvalue weighted by Gasteiger charge is -2.13. The molecule has 4 aromatic rings. The first-order chi connectivity index (χ1) is 13.8. The average molecular weight is 370 g/mol. The molecule has 28 heavy (non-hydrogen) atoms. The van der Waals surface area contributed by atoms with Crippen LogP contribution in [-0.4, -0.2) is 27.5 Å². The summed E-state index contributed by atoms with van der Waals surface area (Å²) in [7, 11) is 0. The van der Waals surface area contributed by atoms with Crippen LogP contribution in [0.1, 0.15) is 17.3 Å².